The van der Waals surface area contributed by atoms with Crippen molar-refractivity contribution in [2.45, 2.75) is 44.7 Å². The Labute approximate surface area is 195 Å². The first-order valence-corrected chi connectivity index (χ1v) is 10.7. The number of ketones is 1. The number of aliphatic hydroxyl groups is 1. The molecule has 0 unspecified atom stereocenters. The lowest BCUT2D eigenvalue weighted by Crippen LogP contribution is -2.55. The zero-order valence-electron chi connectivity index (χ0n) is 17.8. The van der Waals surface area contributed by atoms with Gasteiger partial charge in [0.2, 0.25) is 0 Å². The van der Waals surface area contributed by atoms with Crippen LogP contribution in [0.3, 0.4) is 0 Å². The maximum absolute atomic E-state index is 12.6. The lowest BCUT2D eigenvalue weighted by Gasteiger charge is -2.33. The second kappa shape index (κ2) is 11.6. The fourth-order valence-corrected chi connectivity index (χ4v) is 3.64. The van der Waals surface area contributed by atoms with Crippen LogP contribution in [0.4, 0.5) is 0 Å². The van der Waals surface area contributed by atoms with E-state index >= 15 is 0 Å². The van der Waals surface area contributed by atoms with Crippen LogP contribution in [-0.2, 0) is 28.4 Å². The van der Waals surface area contributed by atoms with Gasteiger partial charge in [0.15, 0.2) is 18.0 Å². The van der Waals surface area contributed by atoms with Crippen LogP contribution in [0.2, 0.25) is 15.9 Å². The molecular formula is C20H24BCl2NO8. The molecule has 1 aliphatic rings. The molecule has 1 aliphatic heterocycles. The van der Waals surface area contributed by atoms with Crippen LogP contribution >= 0.6 is 23.2 Å². The predicted molar refractivity (Wildman–Crippen MR) is 116 cm³/mol. The predicted octanol–water partition coefficient (Wildman–Crippen LogP) is 2.06. The first-order chi connectivity index (χ1) is 15.0. The van der Waals surface area contributed by atoms with Gasteiger partial charge in [-0.2, -0.15) is 0 Å². The Morgan fingerprint density at radius 3 is 2.59 bits per heavy atom. The molecule has 2 N–H and O–H groups in total. The lowest BCUT2D eigenvalue weighted by molar-refractivity contribution is -0.174. The number of halogens is 2. The largest absolute Gasteiger partial charge is 0.531 e. The van der Waals surface area contributed by atoms with E-state index in [1.54, 1.807) is 0 Å². The third-order valence-corrected chi connectivity index (χ3v) is 5.31. The van der Waals surface area contributed by atoms with Crippen molar-refractivity contribution in [2.75, 3.05) is 13.7 Å². The van der Waals surface area contributed by atoms with Gasteiger partial charge in [0.25, 0.3) is 5.91 Å². The van der Waals surface area contributed by atoms with E-state index < -0.39 is 43.0 Å². The summed E-state index contributed by atoms with van der Waals surface area (Å²) in [5.41, 5.74) is 0.130. The molecule has 12 heteroatoms. The van der Waals surface area contributed by atoms with Crippen LogP contribution in [0.5, 0.6) is 0 Å². The Morgan fingerprint density at radius 1 is 1.28 bits per heavy atom. The van der Waals surface area contributed by atoms with Crippen molar-refractivity contribution >= 4 is 53.9 Å². The summed E-state index contributed by atoms with van der Waals surface area (Å²) in [6.07, 6.45) is -3.07. The molecule has 1 amide bonds. The normalized spacial score (nSPS) is 19.3. The van der Waals surface area contributed by atoms with Gasteiger partial charge in [-0.3, -0.25) is 14.4 Å². The molecule has 0 radical (unpaired) electrons. The SMILES string of the molecule is COC(=O)[C@@H]1OB([C@@H](CC(=O)CNC(=O)c2cc(Cl)ccc2Cl)CC(C)C)OC(=O)[C@@H]1O. The minimum Gasteiger partial charge on any atom is -0.507 e. The molecule has 0 saturated carbocycles. The molecule has 1 aromatic rings. The molecule has 0 aromatic heterocycles. The maximum atomic E-state index is 12.6. The molecular weight excluding hydrogens is 464 g/mol. The second-order valence-corrected chi connectivity index (χ2v) is 8.61. The highest BCUT2D eigenvalue weighted by Crippen LogP contribution is 2.30. The number of ether oxygens (including phenoxy) is 1. The number of carbonyl (C=O) groups excluding carboxylic acids is 4. The summed E-state index contributed by atoms with van der Waals surface area (Å²) >= 11 is 11.9. The summed E-state index contributed by atoms with van der Waals surface area (Å²) in [6, 6.07) is 4.39. The number of methoxy groups -OCH3 is 1. The third kappa shape index (κ3) is 6.93. The zero-order chi connectivity index (χ0) is 24.0. The Kier molecular flexibility index (Phi) is 9.51. The fraction of sp³-hybridized carbons (Fsp3) is 0.500. The van der Waals surface area contributed by atoms with Crippen LogP contribution in [0.1, 0.15) is 37.0 Å². The number of benzene rings is 1. The summed E-state index contributed by atoms with van der Waals surface area (Å²) in [4.78, 5) is 48.8. The Hall–Kier alpha value is -2.14. The van der Waals surface area contributed by atoms with E-state index in [-0.39, 0.29) is 35.3 Å². The van der Waals surface area contributed by atoms with E-state index in [1.165, 1.54) is 18.2 Å². The number of carbonyl (C=O) groups is 4. The molecule has 0 aliphatic carbocycles. The monoisotopic (exact) mass is 487 g/mol. The van der Waals surface area contributed by atoms with Gasteiger partial charge in [0.1, 0.15) is 0 Å². The topological polar surface area (TPSA) is 128 Å². The van der Waals surface area contributed by atoms with Crippen molar-refractivity contribution < 1.29 is 38.3 Å². The summed E-state index contributed by atoms with van der Waals surface area (Å²) in [5, 5.41) is 12.9. The molecule has 2 rings (SSSR count). The Morgan fingerprint density at radius 2 is 1.97 bits per heavy atom. The molecule has 1 heterocycles. The highest BCUT2D eigenvalue weighted by atomic mass is 35.5. The van der Waals surface area contributed by atoms with Gasteiger partial charge in [0, 0.05) is 17.3 Å². The van der Waals surface area contributed by atoms with Gasteiger partial charge in [-0.05, 0) is 30.5 Å². The van der Waals surface area contributed by atoms with Crippen LogP contribution in [0.15, 0.2) is 18.2 Å². The molecule has 0 spiro atoms. The molecule has 0 bridgehead atoms. The van der Waals surface area contributed by atoms with Crippen molar-refractivity contribution in [1.29, 1.82) is 0 Å². The van der Waals surface area contributed by atoms with Gasteiger partial charge in [-0.1, -0.05) is 37.0 Å². The van der Waals surface area contributed by atoms with E-state index in [9.17, 15) is 24.3 Å². The van der Waals surface area contributed by atoms with Crippen LogP contribution in [-0.4, -0.2) is 61.7 Å². The van der Waals surface area contributed by atoms with Crippen molar-refractivity contribution in [2.24, 2.45) is 5.92 Å². The van der Waals surface area contributed by atoms with Gasteiger partial charge < -0.3 is 24.5 Å². The number of rotatable bonds is 9. The number of nitrogens with one attached hydrogen (secondary N) is 1. The average molecular weight is 488 g/mol. The van der Waals surface area contributed by atoms with Gasteiger partial charge >= 0.3 is 19.1 Å². The Balaban J connectivity index is 2.05. The van der Waals surface area contributed by atoms with E-state index in [0.717, 1.165) is 7.11 Å². The average Bonchev–Trinajstić information content (AvgIpc) is 2.74. The minimum absolute atomic E-state index is 0.0957. The van der Waals surface area contributed by atoms with Crippen LogP contribution in [0, 0.1) is 5.92 Å². The summed E-state index contributed by atoms with van der Waals surface area (Å²) in [6.45, 7) is 3.50. The number of hydrogen-bond donors (Lipinski definition) is 2. The zero-order valence-corrected chi connectivity index (χ0v) is 19.3. The molecule has 32 heavy (non-hydrogen) atoms. The van der Waals surface area contributed by atoms with Gasteiger partial charge in [-0.25, -0.2) is 4.79 Å². The highest BCUT2D eigenvalue weighted by Gasteiger charge is 2.49. The van der Waals surface area contributed by atoms with Gasteiger partial charge in [0.05, 0.1) is 24.2 Å². The number of hydrogen-bond acceptors (Lipinski definition) is 8. The molecule has 9 nitrogen and oxygen atoms in total. The number of amides is 1. The first-order valence-electron chi connectivity index (χ1n) is 9.90. The molecule has 174 valence electrons. The Bertz CT molecular complexity index is 881. The van der Waals surface area contributed by atoms with Crippen molar-refractivity contribution in [3.63, 3.8) is 0 Å². The lowest BCUT2D eigenvalue weighted by atomic mass is 9.64. The van der Waals surface area contributed by atoms with Crippen molar-refractivity contribution in [1.82, 2.24) is 5.32 Å². The molecule has 1 aromatic carbocycles. The smallest absolute Gasteiger partial charge is 0.507 e. The third-order valence-electron chi connectivity index (χ3n) is 4.74. The van der Waals surface area contributed by atoms with E-state index in [1.807, 2.05) is 13.8 Å². The van der Waals surface area contributed by atoms with E-state index in [2.05, 4.69) is 10.1 Å². The van der Waals surface area contributed by atoms with Gasteiger partial charge in [-0.15, -0.1) is 0 Å². The minimum atomic E-state index is -1.82. The first kappa shape index (κ1) is 26.1. The summed E-state index contributed by atoms with van der Waals surface area (Å²) in [7, 11) is -0.142. The molecule has 1 saturated heterocycles. The fourth-order valence-electron chi connectivity index (χ4n) is 3.27. The number of aliphatic hydroxyl groups excluding tert-OH is 1. The highest BCUT2D eigenvalue weighted by molar-refractivity contribution is 6.50. The summed E-state index contributed by atoms with van der Waals surface area (Å²) in [5.74, 6) is -3.42. The molecule has 3 atom stereocenters. The quantitative estimate of drug-likeness (QED) is 0.400. The summed E-state index contributed by atoms with van der Waals surface area (Å²) < 4.78 is 15.1. The van der Waals surface area contributed by atoms with Crippen molar-refractivity contribution in [3.05, 3.63) is 33.8 Å². The molecule has 1 fully saturated rings. The van der Waals surface area contributed by atoms with Crippen LogP contribution in [0.25, 0.3) is 0 Å². The van der Waals surface area contributed by atoms with E-state index in [0.29, 0.717) is 11.4 Å². The van der Waals surface area contributed by atoms with Crippen molar-refractivity contribution in [3.8, 4) is 0 Å². The second-order valence-electron chi connectivity index (χ2n) is 7.77. The van der Waals surface area contributed by atoms with Crippen LogP contribution < -0.4 is 5.32 Å². The maximum Gasteiger partial charge on any atom is 0.531 e. The number of Topliss-reactive ketones (excluding diaryl/α,β-unsaturated/α-hetero) is 1. The van der Waals surface area contributed by atoms with E-state index in [4.69, 9.17) is 32.5 Å². The number of esters is 1. The standard InChI is InChI=1S/C20H24BCl2NO8/c1-10(2)6-11(21-31-17(20(29)30-3)16(26)19(28)32-21)7-13(25)9-24-18(27)14-8-12(22)4-5-15(14)23/h4-5,8,10-11,16-17,26H,6-7,9H2,1-3H3,(H,24,27)/t11-,16-,17-/m1/s1.